The third-order valence-corrected chi connectivity index (χ3v) is 4.13. The van der Waals surface area contributed by atoms with Crippen LogP contribution in [-0.2, 0) is 20.7 Å². The first-order valence-corrected chi connectivity index (χ1v) is 7.46. The Morgan fingerprint density at radius 3 is 2.95 bits per heavy atom. The number of ether oxygens (including phenoxy) is 2. The number of benzene rings is 1. The van der Waals surface area contributed by atoms with Gasteiger partial charge in [0.05, 0.1) is 25.4 Å². The molecule has 2 aliphatic rings. The van der Waals surface area contributed by atoms with Crippen molar-refractivity contribution in [3.63, 3.8) is 0 Å². The monoisotopic (exact) mass is 304 g/mol. The Labute approximate surface area is 129 Å². The second kappa shape index (κ2) is 5.96. The van der Waals surface area contributed by atoms with Crippen LogP contribution < -0.4 is 5.32 Å². The Morgan fingerprint density at radius 1 is 1.41 bits per heavy atom. The number of esters is 1. The summed E-state index contributed by atoms with van der Waals surface area (Å²) in [5.74, 6) is -0.273. The highest BCUT2D eigenvalue weighted by molar-refractivity contribution is 5.92. The van der Waals surface area contributed by atoms with Gasteiger partial charge in [0.1, 0.15) is 6.04 Å². The molecule has 6 nitrogen and oxygen atoms in total. The van der Waals surface area contributed by atoms with E-state index in [-0.39, 0.29) is 24.0 Å². The molecule has 0 aromatic heterocycles. The highest BCUT2D eigenvalue weighted by Crippen LogP contribution is 2.28. The molecule has 2 aliphatic heterocycles. The molecule has 0 bridgehead atoms. The van der Waals surface area contributed by atoms with E-state index in [1.54, 1.807) is 12.1 Å². The highest BCUT2D eigenvalue weighted by atomic mass is 16.5. The Kier molecular flexibility index (Phi) is 4.02. The van der Waals surface area contributed by atoms with E-state index in [9.17, 15) is 9.59 Å². The van der Waals surface area contributed by atoms with Crippen LogP contribution in [0.4, 0.5) is 5.69 Å². The van der Waals surface area contributed by atoms with Crippen molar-refractivity contribution in [3.8, 4) is 0 Å². The van der Waals surface area contributed by atoms with Crippen molar-refractivity contribution in [2.45, 2.75) is 25.5 Å². The van der Waals surface area contributed by atoms with Gasteiger partial charge in [0, 0.05) is 25.2 Å². The maximum atomic E-state index is 12.6. The van der Waals surface area contributed by atoms with E-state index in [0.29, 0.717) is 31.7 Å². The van der Waals surface area contributed by atoms with Crippen molar-refractivity contribution in [2.75, 3.05) is 32.1 Å². The fourth-order valence-electron chi connectivity index (χ4n) is 2.99. The lowest BCUT2D eigenvalue weighted by atomic mass is 10.1. The molecule has 2 atom stereocenters. The van der Waals surface area contributed by atoms with Crippen LogP contribution in [-0.4, -0.2) is 55.7 Å². The molecule has 1 N–H and O–H groups in total. The molecule has 118 valence electrons. The van der Waals surface area contributed by atoms with Crippen LogP contribution in [0.1, 0.15) is 22.8 Å². The predicted molar refractivity (Wildman–Crippen MR) is 80.9 cm³/mol. The van der Waals surface area contributed by atoms with Crippen LogP contribution in [0, 0.1) is 0 Å². The van der Waals surface area contributed by atoms with E-state index in [1.807, 2.05) is 17.9 Å². The fraction of sp³-hybridized carbons (Fsp3) is 0.500. The maximum Gasteiger partial charge on any atom is 0.337 e. The van der Waals surface area contributed by atoms with Crippen LogP contribution in [0.3, 0.4) is 0 Å². The summed E-state index contributed by atoms with van der Waals surface area (Å²) in [6, 6.07) is 5.06. The lowest BCUT2D eigenvalue weighted by Crippen LogP contribution is -2.49. The van der Waals surface area contributed by atoms with Gasteiger partial charge in [-0.1, -0.05) is 0 Å². The number of amides is 1. The predicted octanol–water partition coefficient (Wildman–Crippen LogP) is 1.06. The molecule has 1 saturated heterocycles. The van der Waals surface area contributed by atoms with Gasteiger partial charge in [-0.3, -0.25) is 4.79 Å². The maximum absolute atomic E-state index is 12.6. The number of rotatable bonds is 2. The second-order valence-electron chi connectivity index (χ2n) is 5.73. The van der Waals surface area contributed by atoms with Crippen LogP contribution in [0.5, 0.6) is 0 Å². The molecule has 6 heteroatoms. The molecular formula is C16H20N2O4. The van der Waals surface area contributed by atoms with Gasteiger partial charge < -0.3 is 19.7 Å². The second-order valence-corrected chi connectivity index (χ2v) is 5.73. The van der Waals surface area contributed by atoms with Crippen molar-refractivity contribution >= 4 is 17.6 Å². The zero-order valence-electron chi connectivity index (χ0n) is 12.8. The summed E-state index contributed by atoms with van der Waals surface area (Å²) in [5, 5.41) is 3.25. The van der Waals surface area contributed by atoms with E-state index >= 15 is 0 Å². The summed E-state index contributed by atoms with van der Waals surface area (Å²) in [6.07, 6.45) is 0.664. The molecule has 1 aromatic rings. The van der Waals surface area contributed by atoms with Crippen LogP contribution in [0.2, 0.25) is 0 Å². The number of carbonyl (C=O) groups is 2. The minimum Gasteiger partial charge on any atom is -0.465 e. The van der Waals surface area contributed by atoms with E-state index in [0.717, 1.165) is 11.3 Å². The van der Waals surface area contributed by atoms with Gasteiger partial charge in [-0.15, -0.1) is 0 Å². The molecule has 3 rings (SSSR count). The van der Waals surface area contributed by atoms with Gasteiger partial charge in [-0.2, -0.15) is 0 Å². The quantitative estimate of drug-likeness (QED) is 0.828. The highest BCUT2D eigenvalue weighted by Gasteiger charge is 2.32. The van der Waals surface area contributed by atoms with Gasteiger partial charge in [0.25, 0.3) is 0 Å². The summed E-state index contributed by atoms with van der Waals surface area (Å²) in [4.78, 5) is 26.0. The molecule has 2 unspecified atom stereocenters. The minimum atomic E-state index is -0.361. The third kappa shape index (κ3) is 2.78. The molecule has 0 spiro atoms. The summed E-state index contributed by atoms with van der Waals surface area (Å²) in [7, 11) is 1.36. The molecule has 0 aliphatic carbocycles. The molecule has 1 fully saturated rings. The van der Waals surface area contributed by atoms with Crippen LogP contribution >= 0.6 is 0 Å². The average molecular weight is 304 g/mol. The van der Waals surface area contributed by atoms with Crippen molar-refractivity contribution in [3.05, 3.63) is 29.3 Å². The van der Waals surface area contributed by atoms with Gasteiger partial charge >= 0.3 is 5.97 Å². The SMILES string of the molecule is COC(=O)c1ccc2c(c1)CC(C(=O)N1CCOC(C)C1)N2. The Hall–Kier alpha value is -2.08. The topological polar surface area (TPSA) is 67.9 Å². The van der Waals surface area contributed by atoms with Crippen LogP contribution in [0.25, 0.3) is 0 Å². The first-order chi connectivity index (χ1) is 10.6. The Balaban J connectivity index is 1.71. The van der Waals surface area contributed by atoms with Crippen molar-refractivity contribution in [2.24, 2.45) is 0 Å². The van der Waals surface area contributed by atoms with Gasteiger partial charge in [-0.05, 0) is 30.7 Å². The summed E-state index contributed by atoms with van der Waals surface area (Å²) in [5.41, 5.74) is 2.39. The zero-order chi connectivity index (χ0) is 15.7. The van der Waals surface area contributed by atoms with Gasteiger partial charge in [0.2, 0.25) is 5.91 Å². The number of hydrogen-bond acceptors (Lipinski definition) is 5. The molecule has 0 radical (unpaired) electrons. The number of hydrogen-bond donors (Lipinski definition) is 1. The normalized spacial score (nSPS) is 23.6. The molecule has 1 aromatic carbocycles. The first kappa shape index (κ1) is 14.8. The van der Waals surface area contributed by atoms with Gasteiger partial charge in [-0.25, -0.2) is 4.79 Å². The largest absolute Gasteiger partial charge is 0.465 e. The lowest BCUT2D eigenvalue weighted by Gasteiger charge is -2.32. The number of morpholine rings is 1. The number of nitrogens with zero attached hydrogens (tertiary/aromatic N) is 1. The van der Waals surface area contributed by atoms with E-state index in [4.69, 9.17) is 9.47 Å². The number of fused-ring (bicyclic) bond motifs is 1. The first-order valence-electron chi connectivity index (χ1n) is 7.46. The van der Waals surface area contributed by atoms with Crippen molar-refractivity contribution in [1.82, 2.24) is 4.90 Å². The smallest absolute Gasteiger partial charge is 0.337 e. The number of anilines is 1. The van der Waals surface area contributed by atoms with E-state index in [1.165, 1.54) is 7.11 Å². The summed E-state index contributed by atoms with van der Waals surface area (Å²) >= 11 is 0. The third-order valence-electron chi connectivity index (χ3n) is 4.13. The number of nitrogens with one attached hydrogen (secondary N) is 1. The Morgan fingerprint density at radius 2 is 2.23 bits per heavy atom. The molecular weight excluding hydrogens is 284 g/mol. The lowest BCUT2D eigenvalue weighted by molar-refractivity contribution is -0.138. The summed E-state index contributed by atoms with van der Waals surface area (Å²) in [6.45, 7) is 3.81. The number of carbonyl (C=O) groups excluding carboxylic acids is 2. The molecule has 22 heavy (non-hydrogen) atoms. The van der Waals surface area contributed by atoms with Gasteiger partial charge in [0.15, 0.2) is 0 Å². The van der Waals surface area contributed by atoms with Crippen molar-refractivity contribution < 1.29 is 19.1 Å². The molecule has 1 amide bonds. The van der Waals surface area contributed by atoms with Crippen molar-refractivity contribution in [1.29, 1.82) is 0 Å². The Bertz CT molecular complexity index is 602. The van der Waals surface area contributed by atoms with E-state index in [2.05, 4.69) is 5.32 Å². The standard InChI is InChI=1S/C16H20N2O4/c1-10-9-18(5-6-22-10)15(19)14-8-12-7-11(16(20)21-2)3-4-13(12)17-14/h3-4,7,10,14,17H,5-6,8-9H2,1-2H3. The molecule has 2 heterocycles. The zero-order valence-corrected chi connectivity index (χ0v) is 12.8. The number of methoxy groups -OCH3 is 1. The minimum absolute atomic E-state index is 0.0763. The fourth-order valence-corrected chi connectivity index (χ4v) is 2.99. The average Bonchev–Trinajstić information content (AvgIpc) is 2.96. The summed E-state index contributed by atoms with van der Waals surface area (Å²) < 4.78 is 10.2. The van der Waals surface area contributed by atoms with Crippen LogP contribution in [0.15, 0.2) is 18.2 Å². The molecule has 0 saturated carbocycles. The van der Waals surface area contributed by atoms with E-state index < -0.39 is 0 Å².